The molecule has 11 nitrogen and oxygen atoms in total. The number of amides is 1. The molecule has 0 aliphatic carbocycles. The van der Waals surface area contributed by atoms with Gasteiger partial charge in [-0.15, -0.1) is 0 Å². The Hall–Kier alpha value is -3.80. The lowest BCUT2D eigenvalue weighted by atomic mass is 10.1. The summed E-state index contributed by atoms with van der Waals surface area (Å²) in [6.07, 6.45) is 0.314. The minimum atomic E-state index is -4.15. The van der Waals surface area contributed by atoms with Gasteiger partial charge in [0.15, 0.2) is 5.82 Å². The van der Waals surface area contributed by atoms with Crippen molar-refractivity contribution in [3.8, 4) is 0 Å². The summed E-state index contributed by atoms with van der Waals surface area (Å²) in [5, 5.41) is 17.2. The van der Waals surface area contributed by atoms with Gasteiger partial charge in [0, 0.05) is 25.1 Å². The zero-order valence-corrected chi connectivity index (χ0v) is 16.5. The molecule has 0 saturated carbocycles. The molecule has 3 aromatic rings. The number of nitrogens with one attached hydrogen (secondary N) is 2. The highest BCUT2D eigenvalue weighted by Gasteiger charge is 2.20. The molecular formula is C18H17N5O6S. The molecule has 12 heteroatoms. The maximum Gasteiger partial charge on any atom is 0.270 e. The van der Waals surface area contributed by atoms with Crippen LogP contribution in [0.1, 0.15) is 22.1 Å². The Labute approximate surface area is 171 Å². The summed E-state index contributed by atoms with van der Waals surface area (Å²) in [7, 11) is -4.15. The molecule has 0 saturated heterocycles. The minimum Gasteiger partial charge on any atom is -0.351 e. The molecule has 1 amide bonds. The van der Waals surface area contributed by atoms with E-state index in [1.165, 1.54) is 30.3 Å². The molecule has 0 unspecified atom stereocenters. The lowest BCUT2D eigenvalue weighted by Gasteiger charge is -2.12. The van der Waals surface area contributed by atoms with Crippen molar-refractivity contribution in [3.63, 3.8) is 0 Å². The van der Waals surface area contributed by atoms with E-state index in [-0.39, 0.29) is 28.4 Å². The SMILES string of the molecule is Cc1noc(CCNC(=O)c2ccccc2NS(=O)(=O)c2cccc([N+](=O)[O-])c2)n1. The van der Waals surface area contributed by atoms with Crippen molar-refractivity contribution in [1.82, 2.24) is 15.5 Å². The summed E-state index contributed by atoms with van der Waals surface area (Å²) >= 11 is 0. The van der Waals surface area contributed by atoms with Gasteiger partial charge in [-0.3, -0.25) is 19.6 Å². The summed E-state index contributed by atoms with van der Waals surface area (Å²) in [6.45, 7) is 1.88. The number of aromatic nitrogens is 2. The Morgan fingerprint density at radius 1 is 1.20 bits per heavy atom. The molecule has 0 aliphatic heterocycles. The predicted octanol–water partition coefficient (Wildman–Crippen LogP) is 2.06. The first-order chi connectivity index (χ1) is 14.3. The first kappa shape index (κ1) is 20.9. The molecule has 2 aromatic carbocycles. The van der Waals surface area contributed by atoms with E-state index < -0.39 is 20.9 Å². The van der Waals surface area contributed by atoms with Crippen molar-refractivity contribution in [2.24, 2.45) is 0 Å². The lowest BCUT2D eigenvalue weighted by Crippen LogP contribution is -2.27. The van der Waals surface area contributed by atoms with E-state index in [9.17, 15) is 23.3 Å². The number of aryl methyl sites for hydroxylation is 1. The summed E-state index contributed by atoms with van der Waals surface area (Å²) in [5.74, 6) is 0.341. The predicted molar refractivity (Wildman–Crippen MR) is 105 cm³/mol. The third-order valence-electron chi connectivity index (χ3n) is 3.95. The van der Waals surface area contributed by atoms with Gasteiger partial charge in [-0.25, -0.2) is 8.42 Å². The molecule has 30 heavy (non-hydrogen) atoms. The average molecular weight is 431 g/mol. The second-order valence-electron chi connectivity index (χ2n) is 6.15. The van der Waals surface area contributed by atoms with E-state index in [1.807, 2.05) is 0 Å². The highest BCUT2D eigenvalue weighted by atomic mass is 32.2. The van der Waals surface area contributed by atoms with Crippen LogP contribution in [0, 0.1) is 17.0 Å². The molecule has 0 aliphatic rings. The van der Waals surface area contributed by atoms with Crippen molar-refractivity contribution in [1.29, 1.82) is 0 Å². The summed E-state index contributed by atoms with van der Waals surface area (Å²) < 4.78 is 32.6. The van der Waals surface area contributed by atoms with Gasteiger partial charge < -0.3 is 9.84 Å². The average Bonchev–Trinajstić information content (AvgIpc) is 3.13. The van der Waals surface area contributed by atoms with Gasteiger partial charge in [0.05, 0.1) is 21.1 Å². The van der Waals surface area contributed by atoms with Gasteiger partial charge in [0.25, 0.3) is 21.6 Å². The normalized spacial score (nSPS) is 11.1. The summed E-state index contributed by atoms with van der Waals surface area (Å²) in [6, 6.07) is 10.6. The van der Waals surface area contributed by atoms with Crippen LogP contribution < -0.4 is 10.0 Å². The second-order valence-corrected chi connectivity index (χ2v) is 7.83. The van der Waals surface area contributed by atoms with E-state index in [2.05, 4.69) is 20.2 Å². The smallest absolute Gasteiger partial charge is 0.270 e. The molecule has 1 aromatic heterocycles. The zero-order chi connectivity index (χ0) is 21.7. The molecule has 0 radical (unpaired) electrons. The van der Waals surface area contributed by atoms with Crippen LogP contribution in [0.25, 0.3) is 0 Å². The second kappa shape index (κ2) is 8.69. The van der Waals surface area contributed by atoms with Crippen molar-refractivity contribution >= 4 is 27.3 Å². The Morgan fingerprint density at radius 3 is 2.67 bits per heavy atom. The Balaban J connectivity index is 1.75. The monoisotopic (exact) mass is 431 g/mol. The van der Waals surface area contributed by atoms with Gasteiger partial charge in [-0.2, -0.15) is 4.98 Å². The molecule has 0 fully saturated rings. The number of benzene rings is 2. The largest absolute Gasteiger partial charge is 0.351 e. The number of nitro groups is 1. The van der Waals surface area contributed by atoms with Gasteiger partial charge in [-0.1, -0.05) is 23.4 Å². The number of carbonyl (C=O) groups excluding carboxylic acids is 1. The number of non-ortho nitro benzene ring substituents is 1. The molecule has 3 rings (SSSR count). The number of hydrogen-bond acceptors (Lipinski definition) is 8. The van der Waals surface area contributed by atoms with Crippen molar-refractivity contribution in [2.75, 3.05) is 11.3 Å². The number of carbonyl (C=O) groups is 1. The molecule has 156 valence electrons. The molecule has 0 bridgehead atoms. The molecular weight excluding hydrogens is 414 g/mol. The van der Waals surface area contributed by atoms with Crippen molar-refractivity contribution in [3.05, 3.63) is 75.9 Å². The Morgan fingerprint density at radius 2 is 1.97 bits per heavy atom. The Kier molecular flexibility index (Phi) is 6.06. The first-order valence-corrected chi connectivity index (χ1v) is 10.2. The fourth-order valence-corrected chi connectivity index (χ4v) is 3.68. The molecule has 0 atom stereocenters. The summed E-state index contributed by atoms with van der Waals surface area (Å²) in [5.41, 5.74) is -0.233. The lowest BCUT2D eigenvalue weighted by molar-refractivity contribution is -0.385. The number of nitro benzene ring substituents is 1. The topological polar surface area (TPSA) is 157 Å². The number of nitrogens with zero attached hydrogens (tertiary/aromatic N) is 3. The van der Waals surface area contributed by atoms with Crippen molar-refractivity contribution in [2.45, 2.75) is 18.2 Å². The van der Waals surface area contributed by atoms with Gasteiger partial charge in [-0.05, 0) is 25.1 Å². The van der Waals surface area contributed by atoms with Gasteiger partial charge in [0.2, 0.25) is 5.89 Å². The number of para-hydroxylation sites is 1. The quantitative estimate of drug-likeness (QED) is 0.405. The first-order valence-electron chi connectivity index (χ1n) is 8.70. The van der Waals surface area contributed by atoms with Gasteiger partial charge >= 0.3 is 0 Å². The van der Waals surface area contributed by atoms with Crippen LogP contribution in [0.4, 0.5) is 11.4 Å². The summed E-state index contributed by atoms with van der Waals surface area (Å²) in [4.78, 5) is 26.5. The van der Waals surface area contributed by atoms with Crippen LogP contribution in [-0.2, 0) is 16.4 Å². The third-order valence-corrected chi connectivity index (χ3v) is 5.31. The van der Waals surface area contributed by atoms with Crippen LogP contribution in [-0.4, -0.2) is 35.9 Å². The van der Waals surface area contributed by atoms with E-state index in [0.29, 0.717) is 18.1 Å². The number of hydrogen-bond donors (Lipinski definition) is 2. The maximum absolute atomic E-state index is 12.7. The van der Waals surface area contributed by atoms with Crippen LogP contribution in [0.5, 0.6) is 0 Å². The van der Waals surface area contributed by atoms with Crippen LogP contribution in [0.15, 0.2) is 57.9 Å². The minimum absolute atomic E-state index is 0.0372. The molecule has 0 spiro atoms. The van der Waals surface area contributed by atoms with Crippen LogP contribution >= 0.6 is 0 Å². The van der Waals surface area contributed by atoms with E-state index in [1.54, 1.807) is 19.1 Å². The fourth-order valence-electron chi connectivity index (χ4n) is 2.56. The van der Waals surface area contributed by atoms with Gasteiger partial charge in [0.1, 0.15) is 0 Å². The van der Waals surface area contributed by atoms with Crippen molar-refractivity contribution < 1.29 is 22.7 Å². The van der Waals surface area contributed by atoms with E-state index >= 15 is 0 Å². The standard InChI is InChI=1S/C18H17N5O6S/c1-12-20-17(29-21-12)9-10-19-18(24)15-7-2-3-8-16(15)22-30(27,28)14-6-4-5-13(11-14)23(25)26/h2-8,11,22H,9-10H2,1H3,(H,19,24). The number of anilines is 1. The highest BCUT2D eigenvalue weighted by molar-refractivity contribution is 7.92. The van der Waals surface area contributed by atoms with Crippen LogP contribution in [0.3, 0.4) is 0 Å². The van der Waals surface area contributed by atoms with Crippen LogP contribution in [0.2, 0.25) is 0 Å². The molecule has 1 heterocycles. The zero-order valence-electron chi connectivity index (χ0n) is 15.7. The number of rotatable bonds is 8. The van der Waals surface area contributed by atoms with E-state index in [0.717, 1.165) is 6.07 Å². The third kappa shape index (κ3) is 4.97. The fraction of sp³-hybridized carbons (Fsp3) is 0.167. The maximum atomic E-state index is 12.7. The highest BCUT2D eigenvalue weighted by Crippen LogP contribution is 2.22. The Bertz CT molecular complexity index is 1190. The number of sulfonamides is 1. The van der Waals surface area contributed by atoms with E-state index in [4.69, 9.17) is 4.52 Å². The molecule has 2 N–H and O–H groups in total.